The second-order valence-corrected chi connectivity index (χ2v) is 3.55. The third-order valence-corrected chi connectivity index (χ3v) is 2.23. The third kappa shape index (κ3) is 2.61. The summed E-state index contributed by atoms with van der Waals surface area (Å²) in [4.78, 5) is 0. The maximum atomic E-state index is 10.7. The molecule has 0 atom stereocenters. The van der Waals surface area contributed by atoms with Crippen molar-refractivity contribution in [3.63, 3.8) is 0 Å². The molecule has 0 saturated heterocycles. The fraction of sp³-hybridized carbons (Fsp3) is 1.00. The number of nitrogens with two attached hydrogens (primary N) is 1. The first kappa shape index (κ1) is 9.83. The summed E-state index contributed by atoms with van der Waals surface area (Å²) < 4.78 is 26.1. The summed E-state index contributed by atoms with van der Waals surface area (Å²) in [5, 5.41) is 0. The second kappa shape index (κ2) is 3.87. The van der Waals surface area contributed by atoms with Gasteiger partial charge < -0.3 is 0 Å². The molecule has 0 amide bonds. The number of nitrogens with zero attached hydrogens (tertiary/aromatic N) is 1. The van der Waals surface area contributed by atoms with E-state index in [9.17, 15) is 8.42 Å². The van der Waals surface area contributed by atoms with Crippen LogP contribution in [0.15, 0.2) is 0 Å². The fourth-order valence-corrected chi connectivity index (χ4v) is 1.05. The van der Waals surface area contributed by atoms with E-state index in [1.54, 1.807) is 0 Å². The normalized spacial score (nSPS) is 12.4. The van der Waals surface area contributed by atoms with E-state index >= 15 is 0 Å². The smallest absolute Gasteiger partial charge is 0.196 e. The molecule has 62 valence electrons. The van der Waals surface area contributed by atoms with Crippen LogP contribution in [0.5, 0.6) is 0 Å². The maximum Gasteiger partial charge on any atom is 0.354 e. The third-order valence-electron chi connectivity index (χ3n) is 1.04. The van der Waals surface area contributed by atoms with Gasteiger partial charge in [-0.1, -0.05) is 6.92 Å². The Bertz CT molecular complexity index is 177. The van der Waals surface area contributed by atoms with E-state index in [1.165, 1.54) is 7.05 Å². The molecular formula is C4H12N2O3S. The van der Waals surface area contributed by atoms with Crippen molar-refractivity contribution in [2.75, 3.05) is 13.6 Å². The van der Waals surface area contributed by atoms with Crippen molar-refractivity contribution < 1.29 is 12.7 Å². The van der Waals surface area contributed by atoms with Crippen molar-refractivity contribution in [2.45, 2.75) is 13.3 Å². The Hall–Kier alpha value is -0.170. The van der Waals surface area contributed by atoms with E-state index < -0.39 is 10.3 Å². The van der Waals surface area contributed by atoms with E-state index in [0.29, 0.717) is 6.54 Å². The van der Waals surface area contributed by atoms with E-state index in [4.69, 9.17) is 0 Å². The highest BCUT2D eigenvalue weighted by Crippen LogP contribution is 1.96. The molecule has 0 aliphatic heterocycles. The zero-order valence-electron chi connectivity index (χ0n) is 6.07. The average molecular weight is 168 g/mol. The zero-order chi connectivity index (χ0) is 8.20. The molecule has 0 unspecified atom stereocenters. The van der Waals surface area contributed by atoms with Crippen molar-refractivity contribution in [3.8, 4) is 0 Å². The lowest BCUT2D eigenvalue weighted by Gasteiger charge is -2.12. The maximum absolute atomic E-state index is 10.7. The summed E-state index contributed by atoms with van der Waals surface area (Å²) in [6.45, 7) is 2.28. The predicted molar refractivity (Wildman–Crippen MR) is 37.1 cm³/mol. The Morgan fingerprint density at radius 1 is 1.60 bits per heavy atom. The van der Waals surface area contributed by atoms with Crippen molar-refractivity contribution in [1.29, 1.82) is 0 Å². The molecule has 0 aromatic carbocycles. The van der Waals surface area contributed by atoms with Crippen LogP contribution in [0.25, 0.3) is 0 Å². The number of rotatable bonds is 4. The van der Waals surface area contributed by atoms with Gasteiger partial charge in [0.1, 0.15) is 0 Å². The molecule has 0 saturated carbocycles. The molecule has 0 rings (SSSR count). The quantitative estimate of drug-likeness (QED) is 0.572. The summed E-state index contributed by atoms with van der Waals surface area (Å²) in [6.07, 6.45) is 0.735. The fourth-order valence-electron chi connectivity index (χ4n) is 0.500. The van der Waals surface area contributed by atoms with Gasteiger partial charge in [0.05, 0.1) is 0 Å². The van der Waals surface area contributed by atoms with Gasteiger partial charge in [-0.3, -0.25) is 0 Å². The SMILES string of the molecule is CCCN(C)S(=O)(=O)ON. The highest BCUT2D eigenvalue weighted by Gasteiger charge is 2.15. The Balaban J connectivity index is 4.06. The van der Waals surface area contributed by atoms with E-state index in [0.717, 1.165) is 10.7 Å². The molecule has 6 heteroatoms. The number of hydrogen-bond donors (Lipinski definition) is 1. The van der Waals surface area contributed by atoms with Gasteiger partial charge in [-0.15, -0.1) is 0 Å². The second-order valence-electron chi connectivity index (χ2n) is 1.88. The van der Waals surface area contributed by atoms with E-state index in [1.807, 2.05) is 6.92 Å². The Morgan fingerprint density at radius 2 is 2.10 bits per heavy atom. The summed E-state index contributed by atoms with van der Waals surface area (Å²) in [5.41, 5.74) is 0. The van der Waals surface area contributed by atoms with Gasteiger partial charge in [0.15, 0.2) is 0 Å². The minimum atomic E-state index is -3.65. The van der Waals surface area contributed by atoms with Gasteiger partial charge in [-0.05, 0) is 6.42 Å². The Kier molecular flexibility index (Phi) is 3.80. The largest absolute Gasteiger partial charge is 0.354 e. The molecular weight excluding hydrogens is 156 g/mol. The van der Waals surface area contributed by atoms with Crippen LogP contribution in [0, 0.1) is 0 Å². The average Bonchev–Trinajstić information content (AvgIpc) is 1.89. The van der Waals surface area contributed by atoms with Crippen LogP contribution in [0.2, 0.25) is 0 Å². The van der Waals surface area contributed by atoms with Gasteiger partial charge in [-0.2, -0.15) is 22.9 Å². The summed E-state index contributed by atoms with van der Waals surface area (Å²) in [5.74, 6) is 4.51. The molecule has 0 spiro atoms. The van der Waals surface area contributed by atoms with Crippen LogP contribution in [0.4, 0.5) is 0 Å². The van der Waals surface area contributed by atoms with Crippen LogP contribution >= 0.6 is 0 Å². The predicted octanol–water partition coefficient (Wildman–Crippen LogP) is -0.537. The van der Waals surface area contributed by atoms with Crippen LogP contribution in [0.1, 0.15) is 13.3 Å². The first-order chi connectivity index (χ1) is 4.54. The van der Waals surface area contributed by atoms with Crippen molar-refractivity contribution in [2.24, 2.45) is 5.90 Å². The monoisotopic (exact) mass is 168 g/mol. The lowest BCUT2D eigenvalue weighted by Crippen LogP contribution is -2.31. The van der Waals surface area contributed by atoms with Gasteiger partial charge in [0.25, 0.3) is 0 Å². The summed E-state index contributed by atoms with van der Waals surface area (Å²) in [7, 11) is -2.24. The zero-order valence-corrected chi connectivity index (χ0v) is 6.89. The van der Waals surface area contributed by atoms with Crippen molar-refractivity contribution in [3.05, 3.63) is 0 Å². The summed E-state index contributed by atoms with van der Waals surface area (Å²) >= 11 is 0. The van der Waals surface area contributed by atoms with Crippen molar-refractivity contribution >= 4 is 10.3 Å². The van der Waals surface area contributed by atoms with Gasteiger partial charge >= 0.3 is 10.3 Å². The molecule has 5 nitrogen and oxygen atoms in total. The minimum Gasteiger partial charge on any atom is -0.196 e. The Morgan fingerprint density at radius 3 is 2.40 bits per heavy atom. The first-order valence-corrected chi connectivity index (χ1v) is 4.25. The molecule has 0 aliphatic rings. The highest BCUT2D eigenvalue weighted by molar-refractivity contribution is 7.84. The lowest BCUT2D eigenvalue weighted by atomic mass is 10.5. The van der Waals surface area contributed by atoms with Crippen LogP contribution in [0.3, 0.4) is 0 Å². The molecule has 10 heavy (non-hydrogen) atoms. The number of hydrogen-bond acceptors (Lipinski definition) is 4. The van der Waals surface area contributed by atoms with Crippen LogP contribution in [-0.4, -0.2) is 26.3 Å². The Labute approximate surface area is 61.0 Å². The van der Waals surface area contributed by atoms with E-state index in [-0.39, 0.29) is 0 Å². The first-order valence-electron chi connectivity index (χ1n) is 2.89. The molecule has 0 radical (unpaired) electrons. The van der Waals surface area contributed by atoms with Crippen LogP contribution in [-0.2, 0) is 14.6 Å². The van der Waals surface area contributed by atoms with Gasteiger partial charge in [0, 0.05) is 13.6 Å². The minimum absolute atomic E-state index is 0.416. The van der Waals surface area contributed by atoms with E-state index in [2.05, 4.69) is 10.2 Å². The lowest BCUT2D eigenvalue weighted by molar-refractivity contribution is 0.288. The van der Waals surface area contributed by atoms with Crippen molar-refractivity contribution in [1.82, 2.24) is 4.31 Å². The molecule has 0 aromatic heterocycles. The standard InChI is InChI=1S/C4H12N2O3S/c1-3-4-6(2)10(7,8)9-5/h3-5H2,1-2H3. The van der Waals surface area contributed by atoms with Crippen LogP contribution < -0.4 is 5.90 Å². The molecule has 0 aliphatic carbocycles. The van der Waals surface area contributed by atoms with Gasteiger partial charge in [-0.25, -0.2) is 0 Å². The molecule has 0 bridgehead atoms. The molecule has 0 fully saturated rings. The molecule has 0 heterocycles. The van der Waals surface area contributed by atoms with Gasteiger partial charge in [0.2, 0.25) is 0 Å². The summed E-state index contributed by atoms with van der Waals surface area (Å²) in [6, 6.07) is 0. The highest BCUT2D eigenvalue weighted by atomic mass is 32.2. The molecule has 2 N–H and O–H groups in total. The molecule has 0 aromatic rings. The topological polar surface area (TPSA) is 72.6 Å².